The summed E-state index contributed by atoms with van der Waals surface area (Å²) in [5.74, 6) is 0.569. The molecule has 0 fully saturated rings. The van der Waals surface area contributed by atoms with E-state index in [1.807, 2.05) is 0 Å². The Morgan fingerprint density at radius 3 is 2.62 bits per heavy atom. The third kappa shape index (κ3) is 4.00. The van der Waals surface area contributed by atoms with E-state index in [0.717, 1.165) is 0 Å². The average molecular weight is 245 g/mol. The third-order valence-electron chi connectivity index (χ3n) is 2.21. The van der Waals surface area contributed by atoms with E-state index in [1.54, 1.807) is 32.0 Å². The summed E-state index contributed by atoms with van der Waals surface area (Å²) < 4.78 is 5.48. The Kier molecular flexibility index (Phi) is 4.59. The maximum Gasteiger partial charge on any atom is 0.126 e. The van der Waals surface area contributed by atoms with Crippen molar-refractivity contribution >= 4 is 11.6 Å². The highest BCUT2D eigenvalue weighted by atomic mass is 35.5. The second-order valence-electron chi connectivity index (χ2n) is 4.29. The Hall–Kier alpha value is -0.770. The van der Waals surface area contributed by atoms with Crippen molar-refractivity contribution in [1.29, 1.82) is 0 Å². The normalized spacial score (nSPS) is 11.6. The van der Waals surface area contributed by atoms with E-state index in [0.29, 0.717) is 29.4 Å². The Balaban J connectivity index is 2.64. The van der Waals surface area contributed by atoms with Crippen LogP contribution in [0.4, 0.5) is 0 Å². The highest BCUT2D eigenvalue weighted by molar-refractivity contribution is 6.31. The highest BCUT2D eigenvalue weighted by Gasteiger charge is 2.13. The van der Waals surface area contributed by atoms with Gasteiger partial charge >= 0.3 is 0 Å². The molecule has 0 amide bonds. The van der Waals surface area contributed by atoms with Crippen LogP contribution in [0.25, 0.3) is 0 Å². The third-order valence-corrected chi connectivity index (χ3v) is 2.56. The topological polar surface area (TPSA) is 49.7 Å². The molecule has 0 atom stereocenters. The lowest BCUT2D eigenvalue weighted by Crippen LogP contribution is -2.22. The van der Waals surface area contributed by atoms with E-state index in [1.165, 1.54) is 0 Å². The zero-order valence-corrected chi connectivity index (χ0v) is 10.3. The second kappa shape index (κ2) is 5.53. The van der Waals surface area contributed by atoms with Crippen molar-refractivity contribution in [3.8, 4) is 5.75 Å². The van der Waals surface area contributed by atoms with E-state index >= 15 is 0 Å². The van der Waals surface area contributed by atoms with Crippen molar-refractivity contribution in [2.75, 3.05) is 6.61 Å². The minimum atomic E-state index is -0.752. The summed E-state index contributed by atoms with van der Waals surface area (Å²) in [4.78, 5) is 0. The first-order valence-corrected chi connectivity index (χ1v) is 5.55. The van der Waals surface area contributed by atoms with Crippen LogP contribution in [-0.4, -0.2) is 22.4 Å². The lowest BCUT2D eigenvalue weighted by atomic mass is 10.1. The lowest BCUT2D eigenvalue weighted by Gasteiger charge is -2.18. The molecular weight excluding hydrogens is 228 g/mol. The molecule has 0 radical (unpaired) electrons. The van der Waals surface area contributed by atoms with Gasteiger partial charge in [0.1, 0.15) is 5.75 Å². The fourth-order valence-corrected chi connectivity index (χ4v) is 1.46. The molecule has 16 heavy (non-hydrogen) atoms. The van der Waals surface area contributed by atoms with Gasteiger partial charge in [0.2, 0.25) is 0 Å². The molecular formula is C12H17ClO3. The molecule has 3 nitrogen and oxygen atoms in total. The van der Waals surface area contributed by atoms with Gasteiger partial charge in [-0.15, -0.1) is 0 Å². The van der Waals surface area contributed by atoms with E-state index in [4.69, 9.17) is 21.4 Å². The van der Waals surface area contributed by atoms with Crippen molar-refractivity contribution in [2.45, 2.75) is 32.5 Å². The maximum absolute atomic E-state index is 9.52. The summed E-state index contributed by atoms with van der Waals surface area (Å²) in [5.41, 5.74) is -0.169. The smallest absolute Gasteiger partial charge is 0.126 e. The first kappa shape index (κ1) is 13.3. The van der Waals surface area contributed by atoms with Crippen molar-refractivity contribution < 1.29 is 14.9 Å². The fraction of sp³-hybridized carbons (Fsp3) is 0.500. The van der Waals surface area contributed by atoms with Gasteiger partial charge in [-0.1, -0.05) is 17.7 Å². The summed E-state index contributed by atoms with van der Waals surface area (Å²) >= 11 is 5.91. The van der Waals surface area contributed by atoms with Crippen LogP contribution in [0.15, 0.2) is 18.2 Å². The standard InChI is InChI=1S/C12H17ClO3/c1-12(2,15)6-7-16-11-5-3-4-10(13)9(11)8-14/h3-5,14-15H,6-8H2,1-2H3. The van der Waals surface area contributed by atoms with Gasteiger partial charge in [0.15, 0.2) is 0 Å². The first-order chi connectivity index (χ1) is 7.44. The molecule has 1 aromatic rings. The predicted molar refractivity (Wildman–Crippen MR) is 63.8 cm³/mol. The summed E-state index contributed by atoms with van der Waals surface area (Å²) in [7, 11) is 0. The molecule has 0 saturated carbocycles. The van der Waals surface area contributed by atoms with Gasteiger partial charge in [0, 0.05) is 17.0 Å². The Morgan fingerprint density at radius 1 is 1.38 bits per heavy atom. The predicted octanol–water partition coefficient (Wildman–Crippen LogP) is 2.37. The number of rotatable bonds is 5. The first-order valence-electron chi connectivity index (χ1n) is 5.17. The number of aliphatic hydroxyl groups excluding tert-OH is 1. The van der Waals surface area contributed by atoms with Gasteiger partial charge in [0.05, 0.1) is 18.8 Å². The quantitative estimate of drug-likeness (QED) is 0.836. The molecule has 1 rings (SSSR count). The minimum Gasteiger partial charge on any atom is -0.493 e. The molecule has 0 aliphatic rings. The van der Waals surface area contributed by atoms with Crippen LogP contribution < -0.4 is 4.74 Å². The van der Waals surface area contributed by atoms with Gasteiger partial charge in [-0.3, -0.25) is 0 Å². The van der Waals surface area contributed by atoms with E-state index in [-0.39, 0.29) is 6.61 Å². The van der Waals surface area contributed by atoms with Crippen LogP contribution in [0.2, 0.25) is 5.02 Å². The van der Waals surface area contributed by atoms with Crippen molar-refractivity contribution in [2.24, 2.45) is 0 Å². The van der Waals surface area contributed by atoms with Crippen molar-refractivity contribution in [1.82, 2.24) is 0 Å². The summed E-state index contributed by atoms with van der Waals surface area (Å²) in [6.45, 7) is 3.68. The molecule has 0 saturated heterocycles. The summed E-state index contributed by atoms with van der Waals surface area (Å²) in [6.07, 6.45) is 0.518. The number of benzene rings is 1. The van der Waals surface area contributed by atoms with Crippen LogP contribution in [0.1, 0.15) is 25.8 Å². The molecule has 2 N–H and O–H groups in total. The van der Waals surface area contributed by atoms with Gasteiger partial charge < -0.3 is 14.9 Å². The molecule has 0 bridgehead atoms. The largest absolute Gasteiger partial charge is 0.493 e. The summed E-state index contributed by atoms with van der Waals surface area (Å²) in [6, 6.07) is 5.22. The number of hydrogen-bond acceptors (Lipinski definition) is 3. The Bertz CT molecular complexity index is 345. The maximum atomic E-state index is 9.52. The average Bonchev–Trinajstić information content (AvgIpc) is 2.16. The van der Waals surface area contributed by atoms with Crippen molar-refractivity contribution in [3.05, 3.63) is 28.8 Å². The van der Waals surface area contributed by atoms with Crippen molar-refractivity contribution in [3.63, 3.8) is 0 Å². The van der Waals surface area contributed by atoms with Gasteiger partial charge in [-0.05, 0) is 26.0 Å². The molecule has 4 heteroatoms. The monoisotopic (exact) mass is 244 g/mol. The number of halogens is 1. The molecule has 0 unspecified atom stereocenters. The van der Waals surface area contributed by atoms with Gasteiger partial charge in [0.25, 0.3) is 0 Å². The van der Waals surface area contributed by atoms with Crippen LogP contribution >= 0.6 is 11.6 Å². The zero-order valence-electron chi connectivity index (χ0n) is 9.53. The Labute approximate surface area is 101 Å². The molecule has 0 aliphatic heterocycles. The van der Waals surface area contributed by atoms with E-state index in [9.17, 15) is 5.11 Å². The van der Waals surface area contributed by atoms with E-state index in [2.05, 4.69) is 0 Å². The molecule has 0 aromatic heterocycles. The van der Waals surface area contributed by atoms with Crippen LogP contribution in [0.5, 0.6) is 5.75 Å². The number of ether oxygens (including phenoxy) is 1. The van der Waals surface area contributed by atoms with Crippen LogP contribution in [-0.2, 0) is 6.61 Å². The summed E-state index contributed by atoms with van der Waals surface area (Å²) in [5, 5.41) is 19.2. The molecule has 1 aromatic carbocycles. The second-order valence-corrected chi connectivity index (χ2v) is 4.69. The number of hydrogen-bond donors (Lipinski definition) is 2. The molecule has 90 valence electrons. The highest BCUT2D eigenvalue weighted by Crippen LogP contribution is 2.26. The van der Waals surface area contributed by atoms with Crippen LogP contribution in [0, 0.1) is 0 Å². The number of aliphatic hydroxyl groups is 2. The fourth-order valence-electron chi connectivity index (χ4n) is 1.24. The minimum absolute atomic E-state index is 0.155. The molecule has 0 aliphatic carbocycles. The zero-order chi connectivity index (χ0) is 12.2. The SMILES string of the molecule is CC(C)(O)CCOc1cccc(Cl)c1CO. The van der Waals surface area contributed by atoms with Crippen LogP contribution in [0.3, 0.4) is 0 Å². The lowest BCUT2D eigenvalue weighted by molar-refractivity contribution is 0.0550. The van der Waals surface area contributed by atoms with E-state index < -0.39 is 5.60 Å². The van der Waals surface area contributed by atoms with Gasteiger partial charge in [-0.2, -0.15) is 0 Å². The van der Waals surface area contributed by atoms with Gasteiger partial charge in [-0.25, -0.2) is 0 Å². The Morgan fingerprint density at radius 2 is 2.06 bits per heavy atom. The molecule has 0 spiro atoms. The molecule has 0 heterocycles.